The maximum Gasteiger partial charge on any atom is 0.407 e. The Balaban J connectivity index is 1.14. The van der Waals surface area contributed by atoms with Crippen LogP contribution in [0.25, 0.3) is 11.1 Å². The Morgan fingerprint density at radius 2 is 1.54 bits per heavy atom. The van der Waals surface area contributed by atoms with Gasteiger partial charge in [-0.15, -0.1) is 0 Å². The minimum Gasteiger partial charge on any atom is -0.480 e. The number of nitrogens with one attached hydrogen (secondary N) is 2. The number of carbonyl (C=O) groups is 3. The summed E-state index contributed by atoms with van der Waals surface area (Å²) in [7, 11) is 0. The largest absolute Gasteiger partial charge is 0.480 e. The molecule has 3 aromatic carbocycles. The monoisotopic (exact) mass is 548 g/mol. The van der Waals surface area contributed by atoms with Crippen LogP contribution in [-0.2, 0) is 25.7 Å². The fraction of sp³-hybridized carbons (Fsp3) is 0.300. The van der Waals surface area contributed by atoms with E-state index < -0.39 is 30.1 Å². The summed E-state index contributed by atoms with van der Waals surface area (Å²) in [5.41, 5.74) is 5.54. The predicted octanol–water partition coefficient (Wildman–Crippen LogP) is 4.43. The van der Waals surface area contributed by atoms with Crippen LogP contribution in [0.15, 0.2) is 78.9 Å². The van der Waals surface area contributed by atoms with Crippen molar-refractivity contribution in [2.75, 3.05) is 24.7 Å². The Hall–Kier alpha value is -3.82. The molecule has 2 atom stereocenters. The number of ether oxygens (including phenoxy) is 2. The first-order valence-electron chi connectivity index (χ1n) is 12.8. The average molecular weight is 549 g/mol. The number of carbonyl (C=O) groups excluding carboxylic acids is 2. The van der Waals surface area contributed by atoms with Crippen molar-refractivity contribution in [2.24, 2.45) is 0 Å². The van der Waals surface area contributed by atoms with Crippen molar-refractivity contribution in [1.82, 2.24) is 10.6 Å². The average Bonchev–Trinajstić information content (AvgIpc) is 3.27. The first-order valence-corrected chi connectivity index (χ1v) is 13.9. The lowest BCUT2D eigenvalue weighted by atomic mass is 9.98. The number of carboxylic acid groups (broad SMARTS) is 1. The number of thioether (sulfide) groups is 1. The molecule has 0 saturated heterocycles. The summed E-state index contributed by atoms with van der Waals surface area (Å²) < 4.78 is 11.2. The van der Waals surface area contributed by atoms with E-state index >= 15 is 0 Å². The van der Waals surface area contributed by atoms with Crippen LogP contribution in [0.4, 0.5) is 4.79 Å². The zero-order chi connectivity index (χ0) is 27.6. The molecule has 0 radical (unpaired) electrons. The summed E-state index contributed by atoms with van der Waals surface area (Å²) >= 11 is 1.29. The summed E-state index contributed by atoms with van der Waals surface area (Å²) in [6.45, 7) is 2.41. The van der Waals surface area contributed by atoms with Crippen molar-refractivity contribution in [3.05, 3.63) is 95.6 Å². The molecule has 4 rings (SSSR count). The van der Waals surface area contributed by atoms with E-state index in [4.69, 9.17) is 9.47 Å². The summed E-state index contributed by atoms with van der Waals surface area (Å²) in [4.78, 5) is 36.3. The van der Waals surface area contributed by atoms with E-state index in [-0.39, 0.29) is 24.9 Å². The molecule has 0 aromatic heterocycles. The van der Waals surface area contributed by atoms with Crippen LogP contribution in [0, 0.1) is 0 Å². The van der Waals surface area contributed by atoms with E-state index in [0.29, 0.717) is 12.3 Å². The van der Waals surface area contributed by atoms with Crippen LogP contribution in [0.3, 0.4) is 0 Å². The van der Waals surface area contributed by atoms with Gasteiger partial charge in [-0.25, -0.2) is 9.59 Å². The van der Waals surface area contributed by atoms with Gasteiger partial charge < -0.3 is 25.2 Å². The van der Waals surface area contributed by atoms with Crippen LogP contribution < -0.4 is 10.6 Å². The van der Waals surface area contributed by atoms with Gasteiger partial charge in [0.2, 0.25) is 5.91 Å². The van der Waals surface area contributed by atoms with E-state index in [0.717, 1.165) is 16.7 Å². The summed E-state index contributed by atoms with van der Waals surface area (Å²) in [6, 6.07) is 24.5. The lowest BCUT2D eigenvalue weighted by Crippen LogP contribution is -2.49. The molecule has 0 saturated carbocycles. The van der Waals surface area contributed by atoms with Gasteiger partial charge in [0.1, 0.15) is 6.61 Å². The van der Waals surface area contributed by atoms with Gasteiger partial charge >= 0.3 is 12.1 Å². The van der Waals surface area contributed by atoms with Crippen molar-refractivity contribution >= 4 is 29.7 Å². The molecule has 39 heavy (non-hydrogen) atoms. The molecule has 8 nitrogen and oxygen atoms in total. The third kappa shape index (κ3) is 7.61. The molecule has 0 aliphatic heterocycles. The van der Waals surface area contributed by atoms with Gasteiger partial charge in [-0.2, -0.15) is 11.8 Å². The molecule has 2 amide bonds. The third-order valence-electron chi connectivity index (χ3n) is 6.50. The molecular weight excluding hydrogens is 516 g/mol. The first kappa shape index (κ1) is 28.2. The summed E-state index contributed by atoms with van der Waals surface area (Å²) in [6.07, 6.45) is -1.23. The lowest BCUT2D eigenvalue weighted by Gasteiger charge is -2.22. The minimum absolute atomic E-state index is 0.0116. The SMILES string of the molecule is C[C@@H](OCc1ccccc1)[C@H](NC(=O)CSCCNC(=O)OCC1c2ccccc2-c2ccccc21)C(=O)O. The molecule has 0 unspecified atom stereocenters. The highest BCUT2D eigenvalue weighted by atomic mass is 32.2. The number of amides is 2. The number of fused-ring (bicyclic) bond motifs is 3. The lowest BCUT2D eigenvalue weighted by molar-refractivity contribution is -0.146. The number of alkyl carbamates (subject to hydrolysis) is 1. The fourth-order valence-electron chi connectivity index (χ4n) is 4.53. The molecule has 1 aliphatic carbocycles. The highest BCUT2D eigenvalue weighted by Gasteiger charge is 2.29. The van der Waals surface area contributed by atoms with Gasteiger partial charge in [-0.05, 0) is 34.7 Å². The van der Waals surface area contributed by atoms with Crippen molar-refractivity contribution in [1.29, 1.82) is 0 Å². The molecule has 9 heteroatoms. The van der Waals surface area contributed by atoms with Gasteiger partial charge in [0.15, 0.2) is 6.04 Å². The fourth-order valence-corrected chi connectivity index (χ4v) is 5.19. The second kappa shape index (κ2) is 13.8. The van der Waals surface area contributed by atoms with Gasteiger partial charge in [-0.1, -0.05) is 78.9 Å². The third-order valence-corrected chi connectivity index (χ3v) is 7.46. The van der Waals surface area contributed by atoms with Crippen molar-refractivity contribution in [3.8, 4) is 11.1 Å². The van der Waals surface area contributed by atoms with Crippen molar-refractivity contribution in [2.45, 2.75) is 31.6 Å². The maximum atomic E-state index is 12.3. The van der Waals surface area contributed by atoms with Gasteiger partial charge in [0, 0.05) is 18.2 Å². The Morgan fingerprint density at radius 3 is 2.18 bits per heavy atom. The number of rotatable bonds is 13. The Labute approximate surface area is 232 Å². The zero-order valence-corrected chi connectivity index (χ0v) is 22.5. The maximum absolute atomic E-state index is 12.3. The molecule has 204 valence electrons. The van der Waals surface area contributed by atoms with Crippen LogP contribution in [-0.4, -0.2) is 59.9 Å². The Morgan fingerprint density at radius 1 is 0.923 bits per heavy atom. The number of hydrogen-bond acceptors (Lipinski definition) is 6. The molecule has 0 fully saturated rings. The number of hydrogen-bond donors (Lipinski definition) is 3. The number of benzene rings is 3. The minimum atomic E-state index is -1.17. The molecule has 3 N–H and O–H groups in total. The van der Waals surface area contributed by atoms with Crippen molar-refractivity contribution in [3.63, 3.8) is 0 Å². The standard InChI is InChI=1S/C30H32N2O6S/c1-20(37-17-21-9-3-2-4-10-21)28(29(34)35)32-27(33)19-39-16-15-31-30(36)38-18-26-24-13-7-5-11-22(24)23-12-6-8-14-25(23)26/h2-14,20,26,28H,15-19H2,1H3,(H,31,36)(H,32,33)(H,34,35)/t20-,28+/m1/s1. The topological polar surface area (TPSA) is 114 Å². The normalized spacial score (nSPS) is 13.6. The van der Waals surface area contributed by atoms with E-state index in [1.54, 1.807) is 6.92 Å². The Bertz CT molecular complexity index is 1240. The van der Waals surface area contributed by atoms with E-state index in [1.165, 1.54) is 22.9 Å². The zero-order valence-electron chi connectivity index (χ0n) is 21.7. The summed E-state index contributed by atoms with van der Waals surface area (Å²) in [5.74, 6) is -1.06. The highest BCUT2D eigenvalue weighted by molar-refractivity contribution is 7.99. The summed E-state index contributed by atoms with van der Waals surface area (Å²) in [5, 5.41) is 14.8. The van der Waals surface area contributed by atoms with E-state index in [2.05, 4.69) is 34.9 Å². The van der Waals surface area contributed by atoms with Gasteiger partial charge in [0.05, 0.1) is 18.5 Å². The number of carboxylic acids is 1. The molecule has 0 spiro atoms. The van der Waals surface area contributed by atoms with Gasteiger partial charge in [0.25, 0.3) is 0 Å². The molecule has 3 aromatic rings. The molecular formula is C30H32N2O6S. The first-order chi connectivity index (χ1) is 18.9. The smallest absolute Gasteiger partial charge is 0.407 e. The molecule has 1 aliphatic rings. The molecule has 0 heterocycles. The Kier molecular flexibility index (Phi) is 9.99. The quantitative estimate of drug-likeness (QED) is 0.271. The van der Waals surface area contributed by atoms with E-state index in [1.807, 2.05) is 54.6 Å². The van der Waals surface area contributed by atoms with Crippen LogP contribution in [0.5, 0.6) is 0 Å². The van der Waals surface area contributed by atoms with Crippen LogP contribution in [0.2, 0.25) is 0 Å². The predicted molar refractivity (Wildman–Crippen MR) is 151 cm³/mol. The second-order valence-corrected chi connectivity index (χ2v) is 10.3. The highest BCUT2D eigenvalue weighted by Crippen LogP contribution is 2.44. The van der Waals surface area contributed by atoms with E-state index in [9.17, 15) is 19.5 Å². The van der Waals surface area contributed by atoms with Crippen LogP contribution >= 0.6 is 11.8 Å². The number of aliphatic carboxylic acids is 1. The van der Waals surface area contributed by atoms with Gasteiger partial charge in [-0.3, -0.25) is 4.79 Å². The molecule has 0 bridgehead atoms. The van der Waals surface area contributed by atoms with Crippen LogP contribution in [0.1, 0.15) is 29.5 Å². The second-order valence-electron chi connectivity index (χ2n) is 9.19. The van der Waals surface area contributed by atoms with Crippen molar-refractivity contribution < 1.29 is 29.0 Å².